The summed E-state index contributed by atoms with van der Waals surface area (Å²) in [6.07, 6.45) is 4.37. The van der Waals surface area contributed by atoms with Crippen LogP contribution < -0.4 is 0 Å². The highest BCUT2D eigenvalue weighted by atomic mass is 16.5. The van der Waals surface area contributed by atoms with Crippen LogP contribution in [-0.4, -0.2) is 46.9 Å². The number of pyridine rings is 1. The largest absolute Gasteiger partial charge is 0.393 e. The Hall–Kier alpha value is -1.75. The Labute approximate surface area is 131 Å². The predicted octanol–water partition coefficient (Wildman–Crippen LogP) is 1.89. The molecule has 3 rings (SSSR count). The van der Waals surface area contributed by atoms with Crippen LogP contribution >= 0.6 is 0 Å². The number of ether oxygens (including phenoxy) is 1. The van der Waals surface area contributed by atoms with Crippen molar-refractivity contribution in [2.45, 2.75) is 18.6 Å². The first-order chi connectivity index (χ1) is 10.8. The summed E-state index contributed by atoms with van der Waals surface area (Å²) in [5.74, 6) is 0. The second-order valence-corrected chi connectivity index (χ2v) is 5.92. The summed E-state index contributed by atoms with van der Waals surface area (Å²) < 4.78 is 5.98. The Morgan fingerprint density at radius 3 is 2.59 bits per heavy atom. The molecule has 1 atom stereocenters. The lowest BCUT2D eigenvalue weighted by molar-refractivity contribution is -0.134. The number of hydrogen-bond donors (Lipinski definition) is 1. The van der Waals surface area contributed by atoms with Gasteiger partial charge in [-0.2, -0.15) is 0 Å². The average Bonchev–Trinajstić information content (AvgIpc) is 2.57. The zero-order chi connectivity index (χ0) is 15.3. The highest BCUT2D eigenvalue weighted by Gasteiger charge is 2.36. The number of aromatic nitrogens is 1. The second kappa shape index (κ2) is 7.01. The van der Waals surface area contributed by atoms with Crippen LogP contribution in [0, 0.1) is 0 Å². The third-order valence-corrected chi connectivity index (χ3v) is 4.14. The first-order valence-electron chi connectivity index (χ1n) is 7.70. The number of aliphatic hydroxyl groups is 1. The quantitative estimate of drug-likeness (QED) is 0.915. The average molecular weight is 298 g/mol. The zero-order valence-electron chi connectivity index (χ0n) is 12.7. The van der Waals surface area contributed by atoms with Crippen LogP contribution in [0.15, 0.2) is 54.9 Å². The molecule has 0 bridgehead atoms. The molecule has 1 saturated heterocycles. The van der Waals surface area contributed by atoms with Crippen molar-refractivity contribution in [3.8, 4) is 0 Å². The monoisotopic (exact) mass is 298 g/mol. The SMILES string of the molecule is OC[C@]1(Cc2ccccc2)CN(Cc2ccncc2)CCO1. The lowest BCUT2D eigenvalue weighted by atomic mass is 9.93. The van der Waals surface area contributed by atoms with Gasteiger partial charge in [0.05, 0.1) is 13.2 Å². The number of rotatable bonds is 5. The Morgan fingerprint density at radius 2 is 1.86 bits per heavy atom. The molecule has 1 fully saturated rings. The van der Waals surface area contributed by atoms with E-state index in [1.807, 2.05) is 42.7 Å². The van der Waals surface area contributed by atoms with Crippen LogP contribution in [0.25, 0.3) is 0 Å². The van der Waals surface area contributed by atoms with Crippen LogP contribution in [0.5, 0.6) is 0 Å². The van der Waals surface area contributed by atoms with Crippen LogP contribution in [0.2, 0.25) is 0 Å². The van der Waals surface area contributed by atoms with Crippen LogP contribution in [0.1, 0.15) is 11.1 Å². The molecule has 2 heterocycles. The third kappa shape index (κ3) is 3.71. The van der Waals surface area contributed by atoms with Crippen molar-refractivity contribution in [2.75, 3.05) is 26.3 Å². The van der Waals surface area contributed by atoms with E-state index in [1.165, 1.54) is 11.1 Å². The maximum absolute atomic E-state index is 9.93. The van der Waals surface area contributed by atoms with E-state index in [4.69, 9.17) is 4.74 Å². The van der Waals surface area contributed by atoms with Gasteiger partial charge in [0.2, 0.25) is 0 Å². The fraction of sp³-hybridized carbons (Fsp3) is 0.389. The Kier molecular flexibility index (Phi) is 4.83. The van der Waals surface area contributed by atoms with Crippen molar-refractivity contribution in [1.29, 1.82) is 0 Å². The van der Waals surface area contributed by atoms with Gasteiger partial charge in [0.25, 0.3) is 0 Å². The minimum absolute atomic E-state index is 0.0364. The molecule has 4 nitrogen and oxygen atoms in total. The van der Waals surface area contributed by atoms with E-state index in [1.54, 1.807) is 0 Å². The van der Waals surface area contributed by atoms with Gasteiger partial charge < -0.3 is 9.84 Å². The molecule has 4 heteroatoms. The summed E-state index contributed by atoms with van der Waals surface area (Å²) in [7, 11) is 0. The lowest BCUT2D eigenvalue weighted by Gasteiger charge is -2.42. The molecule has 0 aliphatic carbocycles. The van der Waals surface area contributed by atoms with Gasteiger partial charge >= 0.3 is 0 Å². The summed E-state index contributed by atoms with van der Waals surface area (Å²) in [4.78, 5) is 6.40. The van der Waals surface area contributed by atoms with Gasteiger partial charge in [-0.25, -0.2) is 0 Å². The van der Waals surface area contributed by atoms with Gasteiger partial charge in [-0.3, -0.25) is 9.88 Å². The molecule has 0 unspecified atom stereocenters. The molecule has 1 N–H and O–H groups in total. The van der Waals surface area contributed by atoms with Gasteiger partial charge in [-0.1, -0.05) is 30.3 Å². The first-order valence-corrected chi connectivity index (χ1v) is 7.70. The number of morpholine rings is 1. The molecule has 2 aromatic rings. The highest BCUT2D eigenvalue weighted by Crippen LogP contribution is 2.24. The van der Waals surface area contributed by atoms with E-state index in [0.29, 0.717) is 6.61 Å². The summed E-state index contributed by atoms with van der Waals surface area (Å²) >= 11 is 0. The molecule has 1 aromatic carbocycles. The van der Waals surface area contributed by atoms with Gasteiger partial charge in [0.1, 0.15) is 5.60 Å². The lowest BCUT2D eigenvalue weighted by Crippen LogP contribution is -2.55. The van der Waals surface area contributed by atoms with Crippen molar-refractivity contribution in [2.24, 2.45) is 0 Å². The smallest absolute Gasteiger partial charge is 0.108 e. The van der Waals surface area contributed by atoms with Crippen molar-refractivity contribution in [3.05, 3.63) is 66.0 Å². The summed E-state index contributed by atoms with van der Waals surface area (Å²) in [6.45, 7) is 3.18. The van der Waals surface area contributed by atoms with E-state index in [0.717, 1.165) is 26.1 Å². The molecular weight excluding hydrogens is 276 g/mol. The predicted molar refractivity (Wildman–Crippen MR) is 85.4 cm³/mol. The fourth-order valence-electron chi connectivity index (χ4n) is 3.03. The molecule has 1 aliphatic rings. The fourth-order valence-corrected chi connectivity index (χ4v) is 3.03. The van der Waals surface area contributed by atoms with Gasteiger partial charge in [0.15, 0.2) is 0 Å². The van der Waals surface area contributed by atoms with Crippen LogP contribution in [0.3, 0.4) is 0 Å². The van der Waals surface area contributed by atoms with Crippen molar-refractivity contribution >= 4 is 0 Å². The Morgan fingerprint density at radius 1 is 1.09 bits per heavy atom. The number of hydrogen-bond acceptors (Lipinski definition) is 4. The van der Waals surface area contributed by atoms with E-state index < -0.39 is 5.60 Å². The van der Waals surface area contributed by atoms with E-state index >= 15 is 0 Å². The minimum Gasteiger partial charge on any atom is -0.393 e. The summed E-state index contributed by atoms with van der Waals surface area (Å²) in [5.41, 5.74) is 1.93. The maximum Gasteiger partial charge on any atom is 0.108 e. The van der Waals surface area contributed by atoms with Crippen LogP contribution in [0.4, 0.5) is 0 Å². The van der Waals surface area contributed by atoms with E-state index in [-0.39, 0.29) is 6.61 Å². The highest BCUT2D eigenvalue weighted by molar-refractivity contribution is 5.18. The Bertz CT molecular complexity index is 576. The molecule has 0 spiro atoms. The standard InChI is InChI=1S/C18H22N2O2/c21-15-18(12-16-4-2-1-3-5-16)14-20(10-11-22-18)13-17-6-8-19-9-7-17/h1-9,21H,10-15H2/t18-/m0/s1. The van der Waals surface area contributed by atoms with Crippen molar-refractivity contribution in [1.82, 2.24) is 9.88 Å². The zero-order valence-corrected chi connectivity index (χ0v) is 12.7. The molecule has 116 valence electrons. The molecule has 0 amide bonds. The number of aliphatic hydroxyl groups excluding tert-OH is 1. The molecule has 1 aliphatic heterocycles. The van der Waals surface area contributed by atoms with Gasteiger partial charge in [0, 0.05) is 38.4 Å². The first kappa shape index (κ1) is 15.2. The van der Waals surface area contributed by atoms with Gasteiger partial charge in [-0.05, 0) is 23.3 Å². The van der Waals surface area contributed by atoms with Crippen molar-refractivity contribution < 1.29 is 9.84 Å². The second-order valence-electron chi connectivity index (χ2n) is 5.92. The summed E-state index contributed by atoms with van der Waals surface area (Å²) in [6, 6.07) is 14.3. The van der Waals surface area contributed by atoms with Crippen LogP contribution in [-0.2, 0) is 17.7 Å². The third-order valence-electron chi connectivity index (χ3n) is 4.14. The topological polar surface area (TPSA) is 45.6 Å². The number of nitrogens with zero attached hydrogens (tertiary/aromatic N) is 2. The molecule has 0 saturated carbocycles. The normalized spacial score (nSPS) is 22.6. The molecule has 1 aromatic heterocycles. The van der Waals surface area contributed by atoms with Gasteiger partial charge in [-0.15, -0.1) is 0 Å². The molecular formula is C18H22N2O2. The molecule has 0 radical (unpaired) electrons. The Balaban J connectivity index is 1.69. The molecule has 22 heavy (non-hydrogen) atoms. The number of benzene rings is 1. The minimum atomic E-state index is -0.507. The maximum atomic E-state index is 9.93. The van der Waals surface area contributed by atoms with Crippen molar-refractivity contribution in [3.63, 3.8) is 0 Å². The van der Waals surface area contributed by atoms with E-state index in [2.05, 4.69) is 22.0 Å². The van der Waals surface area contributed by atoms with E-state index in [9.17, 15) is 5.11 Å². The summed E-state index contributed by atoms with van der Waals surface area (Å²) in [5, 5.41) is 9.93.